The SMILES string of the molecule is FCCCCCCCCCC(Br)Br. The first-order valence-electron chi connectivity index (χ1n) is 5.11. The first kappa shape index (κ1) is 13.9. The van der Waals surface area contributed by atoms with Gasteiger partial charge in [0.2, 0.25) is 0 Å². The number of rotatable bonds is 9. The van der Waals surface area contributed by atoms with Crippen molar-refractivity contribution in [3.63, 3.8) is 0 Å². The summed E-state index contributed by atoms with van der Waals surface area (Å²) in [7, 11) is 0. The van der Waals surface area contributed by atoms with Crippen LogP contribution >= 0.6 is 31.9 Å². The van der Waals surface area contributed by atoms with Crippen molar-refractivity contribution in [1.82, 2.24) is 0 Å². The molecule has 80 valence electrons. The van der Waals surface area contributed by atoms with Crippen molar-refractivity contribution in [1.29, 1.82) is 0 Å². The molecule has 0 saturated heterocycles. The summed E-state index contributed by atoms with van der Waals surface area (Å²) >= 11 is 6.91. The zero-order chi connectivity index (χ0) is 9.94. The molecule has 13 heavy (non-hydrogen) atoms. The van der Waals surface area contributed by atoms with Crippen LogP contribution < -0.4 is 0 Å². The van der Waals surface area contributed by atoms with E-state index in [0.717, 1.165) is 12.8 Å². The van der Waals surface area contributed by atoms with E-state index < -0.39 is 0 Å². The van der Waals surface area contributed by atoms with E-state index in [1.165, 1.54) is 38.5 Å². The zero-order valence-electron chi connectivity index (χ0n) is 8.08. The Morgan fingerprint density at radius 1 is 0.769 bits per heavy atom. The van der Waals surface area contributed by atoms with E-state index in [1.54, 1.807) is 0 Å². The Balaban J connectivity index is 2.84. The molecule has 0 aliphatic carbocycles. The quantitative estimate of drug-likeness (QED) is 0.405. The molecule has 0 radical (unpaired) electrons. The van der Waals surface area contributed by atoms with Gasteiger partial charge >= 0.3 is 0 Å². The van der Waals surface area contributed by atoms with E-state index >= 15 is 0 Å². The maximum Gasteiger partial charge on any atom is 0.0894 e. The van der Waals surface area contributed by atoms with Gasteiger partial charge in [0.1, 0.15) is 0 Å². The van der Waals surface area contributed by atoms with Gasteiger partial charge in [0.15, 0.2) is 0 Å². The number of unbranched alkanes of at least 4 members (excludes halogenated alkanes) is 6. The van der Waals surface area contributed by atoms with Crippen LogP contribution in [0.2, 0.25) is 0 Å². The van der Waals surface area contributed by atoms with Gasteiger partial charge < -0.3 is 0 Å². The average Bonchev–Trinajstić information content (AvgIpc) is 2.09. The van der Waals surface area contributed by atoms with Crippen LogP contribution in [0, 0.1) is 0 Å². The molecule has 0 aromatic heterocycles. The highest BCUT2D eigenvalue weighted by atomic mass is 79.9. The molecule has 0 bridgehead atoms. The van der Waals surface area contributed by atoms with E-state index in [0.29, 0.717) is 3.74 Å². The number of halogens is 3. The lowest BCUT2D eigenvalue weighted by atomic mass is 10.1. The van der Waals surface area contributed by atoms with Crippen molar-refractivity contribution >= 4 is 31.9 Å². The summed E-state index contributed by atoms with van der Waals surface area (Å²) in [6.45, 7) is -0.144. The van der Waals surface area contributed by atoms with E-state index in [4.69, 9.17) is 0 Å². The van der Waals surface area contributed by atoms with Crippen molar-refractivity contribution in [2.24, 2.45) is 0 Å². The minimum Gasteiger partial charge on any atom is -0.251 e. The molecule has 0 amide bonds. The summed E-state index contributed by atoms with van der Waals surface area (Å²) in [5.74, 6) is 0. The fraction of sp³-hybridized carbons (Fsp3) is 1.00. The molecule has 3 heteroatoms. The molecular formula is C10H19Br2F. The van der Waals surface area contributed by atoms with Gasteiger partial charge in [-0.1, -0.05) is 70.4 Å². The molecule has 0 nitrogen and oxygen atoms in total. The largest absolute Gasteiger partial charge is 0.251 e. The van der Waals surface area contributed by atoms with Crippen molar-refractivity contribution in [3.05, 3.63) is 0 Å². The van der Waals surface area contributed by atoms with Crippen LogP contribution in [0.4, 0.5) is 4.39 Å². The van der Waals surface area contributed by atoms with Gasteiger partial charge in [0, 0.05) is 0 Å². The maximum absolute atomic E-state index is 11.7. The fourth-order valence-electron chi connectivity index (χ4n) is 1.28. The van der Waals surface area contributed by atoms with Crippen LogP contribution in [0.1, 0.15) is 51.4 Å². The first-order chi connectivity index (χ1) is 6.27. The predicted octanol–water partition coefficient (Wildman–Crippen LogP) is 5.19. The lowest BCUT2D eigenvalue weighted by Crippen LogP contribution is -1.86. The fourth-order valence-corrected chi connectivity index (χ4v) is 1.92. The molecule has 0 aromatic carbocycles. The third kappa shape index (κ3) is 12.9. The molecular weight excluding hydrogens is 299 g/mol. The molecule has 0 heterocycles. The highest BCUT2D eigenvalue weighted by Gasteiger charge is 1.96. The zero-order valence-corrected chi connectivity index (χ0v) is 11.2. The maximum atomic E-state index is 11.7. The Morgan fingerprint density at radius 3 is 1.69 bits per heavy atom. The second-order valence-electron chi connectivity index (χ2n) is 3.34. The Kier molecular flexibility index (Phi) is 11.7. The van der Waals surface area contributed by atoms with Gasteiger partial charge in [-0.15, -0.1) is 0 Å². The van der Waals surface area contributed by atoms with Gasteiger partial charge in [-0.05, 0) is 12.8 Å². The topological polar surface area (TPSA) is 0 Å². The number of hydrogen-bond acceptors (Lipinski definition) is 0. The van der Waals surface area contributed by atoms with E-state index in [-0.39, 0.29) is 6.67 Å². The third-order valence-electron chi connectivity index (χ3n) is 2.06. The molecule has 0 aliphatic heterocycles. The summed E-state index contributed by atoms with van der Waals surface area (Å²) in [5.41, 5.74) is 0. The first-order valence-corrected chi connectivity index (χ1v) is 6.94. The lowest BCUT2D eigenvalue weighted by molar-refractivity contribution is 0.449. The minimum absolute atomic E-state index is 0.144. The lowest BCUT2D eigenvalue weighted by Gasteiger charge is -2.01. The number of alkyl halides is 3. The van der Waals surface area contributed by atoms with Crippen LogP contribution in [-0.4, -0.2) is 10.4 Å². The molecule has 0 unspecified atom stereocenters. The van der Waals surface area contributed by atoms with Crippen molar-refractivity contribution in [2.45, 2.75) is 55.1 Å². The highest BCUT2D eigenvalue weighted by Crippen LogP contribution is 2.17. The molecule has 0 aromatic rings. The number of hydrogen-bond donors (Lipinski definition) is 0. The second kappa shape index (κ2) is 11.0. The molecule has 0 fully saturated rings. The van der Waals surface area contributed by atoms with Crippen molar-refractivity contribution < 1.29 is 4.39 Å². The molecule has 0 spiro atoms. The third-order valence-corrected chi connectivity index (χ3v) is 2.97. The molecule has 0 N–H and O–H groups in total. The van der Waals surface area contributed by atoms with Gasteiger partial charge in [-0.25, -0.2) is 0 Å². The van der Waals surface area contributed by atoms with Crippen molar-refractivity contribution in [3.8, 4) is 0 Å². The highest BCUT2D eigenvalue weighted by molar-refractivity contribution is 9.24. The van der Waals surface area contributed by atoms with Crippen LogP contribution in [0.5, 0.6) is 0 Å². The minimum atomic E-state index is -0.144. The summed E-state index contributed by atoms with van der Waals surface area (Å²) in [5, 5.41) is 0. The van der Waals surface area contributed by atoms with E-state index in [1.807, 2.05) is 0 Å². The van der Waals surface area contributed by atoms with Crippen LogP contribution in [0.15, 0.2) is 0 Å². The van der Waals surface area contributed by atoms with Crippen molar-refractivity contribution in [2.75, 3.05) is 6.67 Å². The van der Waals surface area contributed by atoms with Gasteiger partial charge in [-0.2, -0.15) is 0 Å². The second-order valence-corrected chi connectivity index (χ2v) is 6.78. The monoisotopic (exact) mass is 316 g/mol. The average molecular weight is 318 g/mol. The molecule has 0 saturated carbocycles. The molecule has 0 aliphatic rings. The van der Waals surface area contributed by atoms with Gasteiger partial charge in [0.25, 0.3) is 0 Å². The smallest absolute Gasteiger partial charge is 0.0894 e. The standard InChI is InChI=1S/C10H19Br2F/c11-10(12)8-6-4-2-1-3-5-7-9-13/h10H,1-9H2. The van der Waals surface area contributed by atoms with Crippen LogP contribution in [-0.2, 0) is 0 Å². The van der Waals surface area contributed by atoms with Crippen LogP contribution in [0.25, 0.3) is 0 Å². The Bertz CT molecular complexity index is 96.9. The Hall–Kier alpha value is 0.890. The normalized spacial score (nSPS) is 11.1. The summed E-state index contributed by atoms with van der Waals surface area (Å²) in [4.78, 5) is 0. The summed E-state index contributed by atoms with van der Waals surface area (Å²) in [6, 6.07) is 0. The van der Waals surface area contributed by atoms with E-state index in [9.17, 15) is 4.39 Å². The van der Waals surface area contributed by atoms with Crippen LogP contribution in [0.3, 0.4) is 0 Å². The van der Waals surface area contributed by atoms with Gasteiger partial charge in [0.05, 0.1) is 10.4 Å². The summed E-state index contributed by atoms with van der Waals surface area (Å²) < 4.78 is 12.2. The predicted molar refractivity (Wildman–Crippen MR) is 64.6 cm³/mol. The molecule has 0 rings (SSSR count). The molecule has 0 atom stereocenters. The van der Waals surface area contributed by atoms with Gasteiger partial charge in [-0.3, -0.25) is 4.39 Å². The Labute approximate surface area is 97.9 Å². The Morgan fingerprint density at radius 2 is 1.23 bits per heavy atom. The van der Waals surface area contributed by atoms with E-state index in [2.05, 4.69) is 31.9 Å². The summed E-state index contributed by atoms with van der Waals surface area (Å²) in [6.07, 6.45) is 9.39.